The lowest BCUT2D eigenvalue weighted by atomic mass is 10.1. The van der Waals surface area contributed by atoms with E-state index in [1.54, 1.807) is 18.3 Å². The molecule has 0 fully saturated rings. The third kappa shape index (κ3) is 2.50. The number of benzene rings is 1. The van der Waals surface area contributed by atoms with E-state index in [2.05, 4.69) is 40.4 Å². The van der Waals surface area contributed by atoms with Gasteiger partial charge in [0.05, 0.1) is 0 Å². The summed E-state index contributed by atoms with van der Waals surface area (Å²) < 4.78 is 0. The van der Waals surface area contributed by atoms with Crippen molar-refractivity contribution in [3.05, 3.63) is 59.4 Å². The lowest BCUT2D eigenvalue weighted by Gasteiger charge is -2.12. The van der Waals surface area contributed by atoms with Gasteiger partial charge in [-0.05, 0) is 35.7 Å². The van der Waals surface area contributed by atoms with Crippen LogP contribution in [0, 0.1) is 0 Å². The molecule has 1 aromatic heterocycles. The molecule has 2 aromatic rings. The van der Waals surface area contributed by atoms with E-state index in [9.17, 15) is 4.79 Å². The van der Waals surface area contributed by atoms with E-state index in [0.29, 0.717) is 12.2 Å². The van der Waals surface area contributed by atoms with Gasteiger partial charge in [-0.25, -0.2) is 0 Å². The smallest absolute Gasteiger partial charge is 0.270 e. The summed E-state index contributed by atoms with van der Waals surface area (Å²) in [7, 11) is 2.11. The Morgan fingerprint density at radius 3 is 3.05 bits per heavy atom. The monoisotopic (exact) mass is 267 g/mol. The summed E-state index contributed by atoms with van der Waals surface area (Å²) in [5.41, 5.74) is 4.23. The summed E-state index contributed by atoms with van der Waals surface area (Å²) in [4.78, 5) is 18.2. The maximum atomic E-state index is 11.9. The largest absolute Gasteiger partial charge is 0.374 e. The zero-order valence-corrected chi connectivity index (χ0v) is 11.5. The van der Waals surface area contributed by atoms with Crippen LogP contribution in [0.3, 0.4) is 0 Å². The number of rotatable bonds is 3. The SMILES string of the molecule is CN1CCc2cc(CNC(=O)c3ccccn3)ccc21. The average molecular weight is 267 g/mol. The van der Waals surface area contributed by atoms with Gasteiger partial charge in [0.2, 0.25) is 0 Å². The second-order valence-corrected chi connectivity index (χ2v) is 5.03. The third-order valence-corrected chi connectivity index (χ3v) is 3.62. The molecule has 20 heavy (non-hydrogen) atoms. The number of hydrogen-bond donors (Lipinski definition) is 1. The molecule has 0 bridgehead atoms. The molecule has 1 aromatic carbocycles. The summed E-state index contributed by atoms with van der Waals surface area (Å²) in [5.74, 6) is -0.136. The van der Waals surface area contributed by atoms with Crippen LogP contribution in [0.25, 0.3) is 0 Å². The Balaban J connectivity index is 1.66. The lowest BCUT2D eigenvalue weighted by molar-refractivity contribution is 0.0946. The molecule has 4 nitrogen and oxygen atoms in total. The van der Waals surface area contributed by atoms with Crippen LogP contribution in [0.1, 0.15) is 21.6 Å². The Kier molecular flexibility index (Phi) is 3.37. The Labute approximate surface area is 118 Å². The van der Waals surface area contributed by atoms with Crippen molar-refractivity contribution in [2.45, 2.75) is 13.0 Å². The van der Waals surface area contributed by atoms with Gasteiger partial charge in [0.25, 0.3) is 5.91 Å². The van der Waals surface area contributed by atoms with Gasteiger partial charge in [0.15, 0.2) is 0 Å². The number of anilines is 1. The molecule has 102 valence electrons. The third-order valence-electron chi connectivity index (χ3n) is 3.62. The van der Waals surface area contributed by atoms with Crippen molar-refractivity contribution < 1.29 is 4.79 Å². The number of fused-ring (bicyclic) bond motifs is 1. The molecule has 0 saturated heterocycles. The van der Waals surface area contributed by atoms with Crippen molar-refractivity contribution in [2.75, 3.05) is 18.5 Å². The number of carbonyl (C=O) groups is 1. The van der Waals surface area contributed by atoms with Crippen LogP contribution in [-0.4, -0.2) is 24.5 Å². The first-order valence-corrected chi connectivity index (χ1v) is 6.76. The van der Waals surface area contributed by atoms with Crippen LogP contribution in [0.15, 0.2) is 42.6 Å². The highest BCUT2D eigenvalue weighted by atomic mass is 16.1. The number of nitrogens with one attached hydrogen (secondary N) is 1. The van der Waals surface area contributed by atoms with E-state index in [-0.39, 0.29) is 5.91 Å². The molecule has 1 amide bonds. The number of hydrogen-bond acceptors (Lipinski definition) is 3. The number of aromatic nitrogens is 1. The normalized spacial score (nSPS) is 13.2. The maximum Gasteiger partial charge on any atom is 0.270 e. The molecule has 1 aliphatic rings. The Morgan fingerprint density at radius 2 is 2.25 bits per heavy atom. The van der Waals surface area contributed by atoms with Gasteiger partial charge < -0.3 is 10.2 Å². The minimum absolute atomic E-state index is 0.136. The first kappa shape index (κ1) is 12.7. The molecule has 3 rings (SSSR count). The Hall–Kier alpha value is -2.36. The van der Waals surface area contributed by atoms with Crippen molar-refractivity contribution in [1.29, 1.82) is 0 Å². The number of nitrogens with zero attached hydrogens (tertiary/aromatic N) is 2. The minimum Gasteiger partial charge on any atom is -0.374 e. The second kappa shape index (κ2) is 5.33. The van der Waals surface area contributed by atoms with E-state index in [4.69, 9.17) is 0 Å². The first-order valence-electron chi connectivity index (χ1n) is 6.76. The summed E-state index contributed by atoms with van der Waals surface area (Å²) in [6.45, 7) is 1.60. The van der Waals surface area contributed by atoms with Crippen LogP contribution in [0.5, 0.6) is 0 Å². The molecule has 2 heterocycles. The molecular formula is C16H17N3O. The highest BCUT2D eigenvalue weighted by molar-refractivity contribution is 5.92. The molecule has 1 N–H and O–H groups in total. The van der Waals surface area contributed by atoms with E-state index in [1.165, 1.54) is 11.3 Å². The van der Waals surface area contributed by atoms with Gasteiger partial charge in [-0.2, -0.15) is 0 Å². The quantitative estimate of drug-likeness (QED) is 0.925. The number of carbonyl (C=O) groups excluding carboxylic acids is 1. The van der Waals surface area contributed by atoms with Crippen molar-refractivity contribution in [2.24, 2.45) is 0 Å². The average Bonchev–Trinajstić information content (AvgIpc) is 2.87. The van der Waals surface area contributed by atoms with E-state index < -0.39 is 0 Å². The fourth-order valence-corrected chi connectivity index (χ4v) is 2.50. The van der Waals surface area contributed by atoms with E-state index in [0.717, 1.165) is 18.5 Å². The Morgan fingerprint density at radius 1 is 1.35 bits per heavy atom. The van der Waals surface area contributed by atoms with Crippen molar-refractivity contribution in [1.82, 2.24) is 10.3 Å². The van der Waals surface area contributed by atoms with Gasteiger partial charge in [-0.1, -0.05) is 18.2 Å². The van der Waals surface area contributed by atoms with Crippen molar-refractivity contribution in [3.63, 3.8) is 0 Å². The highest BCUT2D eigenvalue weighted by Crippen LogP contribution is 2.27. The molecular weight excluding hydrogens is 250 g/mol. The predicted octanol–water partition coefficient (Wildman–Crippen LogP) is 2.00. The van der Waals surface area contributed by atoms with Crippen LogP contribution in [0.2, 0.25) is 0 Å². The van der Waals surface area contributed by atoms with Gasteiger partial charge in [-0.3, -0.25) is 9.78 Å². The summed E-state index contributed by atoms with van der Waals surface area (Å²) in [6, 6.07) is 11.7. The van der Waals surface area contributed by atoms with Crippen molar-refractivity contribution in [3.8, 4) is 0 Å². The van der Waals surface area contributed by atoms with Crippen LogP contribution in [0.4, 0.5) is 5.69 Å². The predicted molar refractivity (Wildman–Crippen MR) is 78.8 cm³/mol. The fourth-order valence-electron chi connectivity index (χ4n) is 2.50. The number of amides is 1. The standard InChI is InChI=1S/C16H17N3O/c1-19-9-7-13-10-12(5-6-15(13)19)11-18-16(20)14-4-2-3-8-17-14/h2-6,8,10H,7,9,11H2,1H3,(H,18,20). The molecule has 1 aliphatic heterocycles. The topological polar surface area (TPSA) is 45.2 Å². The van der Waals surface area contributed by atoms with Crippen LogP contribution >= 0.6 is 0 Å². The Bertz CT molecular complexity index is 625. The molecule has 0 unspecified atom stereocenters. The zero-order chi connectivity index (χ0) is 13.9. The fraction of sp³-hybridized carbons (Fsp3) is 0.250. The van der Waals surface area contributed by atoms with Crippen molar-refractivity contribution >= 4 is 11.6 Å². The van der Waals surface area contributed by atoms with E-state index >= 15 is 0 Å². The summed E-state index contributed by atoms with van der Waals surface area (Å²) in [5, 5.41) is 2.90. The van der Waals surface area contributed by atoms with Crippen LogP contribution < -0.4 is 10.2 Å². The lowest BCUT2D eigenvalue weighted by Crippen LogP contribution is -2.23. The summed E-state index contributed by atoms with van der Waals surface area (Å²) >= 11 is 0. The molecule has 0 radical (unpaired) electrons. The van der Waals surface area contributed by atoms with Gasteiger partial charge in [0.1, 0.15) is 5.69 Å². The second-order valence-electron chi connectivity index (χ2n) is 5.03. The van der Waals surface area contributed by atoms with E-state index in [1.807, 2.05) is 6.07 Å². The maximum absolute atomic E-state index is 11.9. The summed E-state index contributed by atoms with van der Waals surface area (Å²) in [6.07, 6.45) is 2.70. The zero-order valence-electron chi connectivity index (χ0n) is 11.5. The highest BCUT2D eigenvalue weighted by Gasteiger charge is 2.15. The minimum atomic E-state index is -0.136. The van der Waals surface area contributed by atoms with Gasteiger partial charge >= 0.3 is 0 Å². The molecule has 0 aliphatic carbocycles. The number of pyridine rings is 1. The molecule has 0 spiro atoms. The van der Waals surface area contributed by atoms with Gasteiger partial charge in [-0.15, -0.1) is 0 Å². The molecule has 0 atom stereocenters. The molecule has 0 saturated carbocycles. The first-order chi connectivity index (χ1) is 9.74. The number of likely N-dealkylation sites (N-methyl/N-ethyl adjacent to an activating group) is 1. The van der Waals surface area contributed by atoms with Crippen LogP contribution in [-0.2, 0) is 13.0 Å². The molecule has 4 heteroatoms. The van der Waals surface area contributed by atoms with Gasteiger partial charge in [0, 0.05) is 32.0 Å².